The Kier molecular flexibility index (Phi) is 4.64. The van der Waals surface area contributed by atoms with Gasteiger partial charge in [0.25, 0.3) is 0 Å². The molecule has 0 amide bonds. The Morgan fingerprint density at radius 3 is 2.35 bits per heavy atom. The summed E-state index contributed by atoms with van der Waals surface area (Å²) in [5, 5.41) is 0.784. The lowest BCUT2D eigenvalue weighted by Crippen LogP contribution is -2.20. The third-order valence-corrected chi connectivity index (χ3v) is 4.42. The van der Waals surface area contributed by atoms with Gasteiger partial charge in [-0.15, -0.1) is 0 Å². The van der Waals surface area contributed by atoms with Crippen molar-refractivity contribution in [2.45, 2.75) is 32.9 Å². The maximum atomic E-state index is 12.6. The van der Waals surface area contributed by atoms with Crippen molar-refractivity contribution >= 4 is 15.9 Å². The molecule has 0 spiro atoms. The highest BCUT2D eigenvalue weighted by Crippen LogP contribution is 2.33. The summed E-state index contributed by atoms with van der Waals surface area (Å²) in [6.07, 6.45) is -2.68. The van der Waals surface area contributed by atoms with Gasteiger partial charge in [0, 0.05) is 5.33 Å². The molecule has 0 aliphatic rings. The molecule has 0 saturated carbocycles. The molecule has 0 aliphatic heterocycles. The molecule has 4 heteroatoms. The van der Waals surface area contributed by atoms with E-state index in [9.17, 15) is 13.2 Å². The molecule has 1 atom stereocenters. The van der Waals surface area contributed by atoms with E-state index in [1.165, 1.54) is 12.1 Å². The van der Waals surface area contributed by atoms with Crippen LogP contribution in [-0.4, -0.2) is 5.33 Å². The fourth-order valence-corrected chi connectivity index (χ4v) is 2.21. The molecule has 1 aromatic rings. The molecule has 17 heavy (non-hydrogen) atoms. The van der Waals surface area contributed by atoms with E-state index in [4.69, 9.17) is 0 Å². The Balaban J connectivity index is 2.93. The quantitative estimate of drug-likeness (QED) is 0.682. The maximum Gasteiger partial charge on any atom is 0.416 e. The molecule has 0 fully saturated rings. The molecule has 0 heterocycles. The summed E-state index contributed by atoms with van der Waals surface area (Å²) in [7, 11) is 0. The van der Waals surface area contributed by atoms with Crippen molar-refractivity contribution in [1.82, 2.24) is 0 Å². The van der Waals surface area contributed by atoms with Crippen LogP contribution < -0.4 is 0 Å². The Morgan fingerprint density at radius 1 is 1.24 bits per heavy atom. The molecule has 0 radical (unpaired) electrons. The van der Waals surface area contributed by atoms with Gasteiger partial charge in [0.2, 0.25) is 0 Å². The van der Waals surface area contributed by atoms with E-state index in [-0.39, 0.29) is 5.41 Å². The standard InChI is InChI=1S/C13H16BrF3/c1-3-12(2,9-14)8-10-5-4-6-11(7-10)13(15,16)17/h4-7H,3,8-9H2,1-2H3. The second-order valence-electron chi connectivity index (χ2n) is 4.67. The van der Waals surface area contributed by atoms with Gasteiger partial charge >= 0.3 is 6.18 Å². The summed E-state index contributed by atoms with van der Waals surface area (Å²) in [5.41, 5.74) is 0.177. The minimum absolute atomic E-state index is 0.00419. The Bertz CT molecular complexity index is 367. The molecular weight excluding hydrogens is 293 g/mol. The van der Waals surface area contributed by atoms with Crippen LogP contribution in [0.3, 0.4) is 0 Å². The van der Waals surface area contributed by atoms with Crippen LogP contribution in [0.25, 0.3) is 0 Å². The fraction of sp³-hybridized carbons (Fsp3) is 0.538. The van der Waals surface area contributed by atoms with E-state index >= 15 is 0 Å². The molecule has 0 bridgehead atoms. The molecule has 0 aromatic heterocycles. The average molecular weight is 309 g/mol. The highest BCUT2D eigenvalue weighted by Gasteiger charge is 2.31. The highest BCUT2D eigenvalue weighted by molar-refractivity contribution is 9.09. The van der Waals surface area contributed by atoms with Crippen molar-refractivity contribution in [3.05, 3.63) is 35.4 Å². The van der Waals surface area contributed by atoms with E-state index in [0.29, 0.717) is 6.42 Å². The molecule has 96 valence electrons. The van der Waals surface area contributed by atoms with Gasteiger partial charge in [-0.25, -0.2) is 0 Å². The number of benzene rings is 1. The maximum absolute atomic E-state index is 12.6. The third kappa shape index (κ3) is 4.02. The molecule has 1 unspecified atom stereocenters. The summed E-state index contributed by atoms with van der Waals surface area (Å²) in [5.74, 6) is 0. The van der Waals surface area contributed by atoms with Gasteiger partial charge in [-0.3, -0.25) is 0 Å². The van der Waals surface area contributed by atoms with Crippen molar-refractivity contribution in [1.29, 1.82) is 0 Å². The lowest BCUT2D eigenvalue weighted by atomic mass is 9.83. The van der Waals surface area contributed by atoms with Crippen LogP contribution in [0.15, 0.2) is 24.3 Å². The monoisotopic (exact) mass is 308 g/mol. The van der Waals surface area contributed by atoms with Gasteiger partial charge in [-0.1, -0.05) is 48.0 Å². The topological polar surface area (TPSA) is 0 Å². The SMILES string of the molecule is CCC(C)(CBr)Cc1cccc(C(F)(F)F)c1. The van der Waals surface area contributed by atoms with Crippen LogP contribution in [0.5, 0.6) is 0 Å². The molecule has 0 nitrogen and oxygen atoms in total. The minimum Gasteiger partial charge on any atom is -0.166 e. The normalized spacial score (nSPS) is 15.6. The first-order chi connectivity index (χ1) is 7.80. The average Bonchev–Trinajstić information content (AvgIpc) is 2.28. The molecule has 1 rings (SSSR count). The van der Waals surface area contributed by atoms with Gasteiger partial charge in [-0.2, -0.15) is 13.2 Å². The van der Waals surface area contributed by atoms with E-state index in [1.54, 1.807) is 6.07 Å². The summed E-state index contributed by atoms with van der Waals surface area (Å²) in [6.45, 7) is 4.12. The van der Waals surface area contributed by atoms with Crippen molar-refractivity contribution in [3.63, 3.8) is 0 Å². The minimum atomic E-state index is -4.26. The molecule has 0 aliphatic carbocycles. The summed E-state index contributed by atoms with van der Waals surface area (Å²) < 4.78 is 37.7. The van der Waals surface area contributed by atoms with E-state index in [0.717, 1.165) is 23.4 Å². The molecule has 0 saturated heterocycles. The third-order valence-electron chi connectivity index (χ3n) is 3.06. The first kappa shape index (κ1) is 14.6. The van der Waals surface area contributed by atoms with Crippen LogP contribution in [-0.2, 0) is 12.6 Å². The summed E-state index contributed by atoms with van der Waals surface area (Å²) >= 11 is 3.43. The van der Waals surface area contributed by atoms with Crippen molar-refractivity contribution in [3.8, 4) is 0 Å². The lowest BCUT2D eigenvalue weighted by molar-refractivity contribution is -0.137. The van der Waals surface area contributed by atoms with Crippen molar-refractivity contribution in [2.24, 2.45) is 5.41 Å². The first-order valence-electron chi connectivity index (χ1n) is 5.53. The van der Waals surface area contributed by atoms with Crippen LogP contribution >= 0.6 is 15.9 Å². The summed E-state index contributed by atoms with van der Waals surface area (Å²) in [4.78, 5) is 0. The first-order valence-corrected chi connectivity index (χ1v) is 6.65. The fourth-order valence-electron chi connectivity index (χ4n) is 1.62. The zero-order chi connectivity index (χ0) is 13.1. The van der Waals surface area contributed by atoms with Crippen molar-refractivity contribution < 1.29 is 13.2 Å². The van der Waals surface area contributed by atoms with Gasteiger partial charge < -0.3 is 0 Å². The zero-order valence-electron chi connectivity index (χ0n) is 9.94. The van der Waals surface area contributed by atoms with Crippen molar-refractivity contribution in [2.75, 3.05) is 5.33 Å². The predicted octanol–water partition coefficient (Wildman–Crippen LogP) is 5.06. The Labute approximate surface area is 108 Å². The number of alkyl halides is 4. The van der Waals surface area contributed by atoms with Gasteiger partial charge in [0.05, 0.1) is 5.56 Å². The number of halogens is 4. The number of hydrogen-bond donors (Lipinski definition) is 0. The Hall–Kier alpha value is -0.510. The number of hydrogen-bond acceptors (Lipinski definition) is 0. The van der Waals surface area contributed by atoms with Gasteiger partial charge in [0.1, 0.15) is 0 Å². The summed E-state index contributed by atoms with van der Waals surface area (Å²) in [6, 6.07) is 5.59. The molecule has 1 aromatic carbocycles. The zero-order valence-corrected chi connectivity index (χ0v) is 11.5. The van der Waals surface area contributed by atoms with Crippen LogP contribution in [0, 0.1) is 5.41 Å². The molecular formula is C13H16BrF3. The smallest absolute Gasteiger partial charge is 0.166 e. The van der Waals surface area contributed by atoms with Crippen LogP contribution in [0.1, 0.15) is 31.4 Å². The largest absolute Gasteiger partial charge is 0.416 e. The highest BCUT2D eigenvalue weighted by atomic mass is 79.9. The van der Waals surface area contributed by atoms with Gasteiger partial charge in [-0.05, 0) is 29.9 Å². The van der Waals surface area contributed by atoms with E-state index < -0.39 is 11.7 Å². The Morgan fingerprint density at radius 2 is 1.88 bits per heavy atom. The van der Waals surface area contributed by atoms with Crippen LogP contribution in [0.4, 0.5) is 13.2 Å². The second kappa shape index (κ2) is 5.42. The number of rotatable bonds is 4. The van der Waals surface area contributed by atoms with Gasteiger partial charge in [0.15, 0.2) is 0 Å². The van der Waals surface area contributed by atoms with E-state index in [1.807, 2.05) is 0 Å². The van der Waals surface area contributed by atoms with E-state index in [2.05, 4.69) is 29.8 Å². The van der Waals surface area contributed by atoms with Crippen LogP contribution in [0.2, 0.25) is 0 Å². The lowest BCUT2D eigenvalue weighted by Gasteiger charge is -2.26. The second-order valence-corrected chi connectivity index (χ2v) is 5.23. The predicted molar refractivity (Wildman–Crippen MR) is 67.3 cm³/mol. The molecule has 0 N–H and O–H groups in total.